The van der Waals surface area contributed by atoms with Gasteiger partial charge in [-0.05, 0) is 43.4 Å². The van der Waals surface area contributed by atoms with Crippen LogP contribution in [0.3, 0.4) is 0 Å². The topological polar surface area (TPSA) is 58.1 Å². The van der Waals surface area contributed by atoms with E-state index < -0.39 is 0 Å². The maximum Gasteiger partial charge on any atom is 0.191 e. The molecule has 1 aliphatic heterocycles. The lowest BCUT2D eigenvalue weighted by Gasteiger charge is -2.36. The van der Waals surface area contributed by atoms with Crippen molar-refractivity contribution < 1.29 is 9.47 Å². The number of aliphatic imine (C=N–C) groups is 1. The smallest absolute Gasteiger partial charge is 0.191 e. The Labute approximate surface area is 170 Å². The highest BCUT2D eigenvalue weighted by Gasteiger charge is 2.23. The van der Waals surface area contributed by atoms with E-state index in [9.17, 15) is 0 Å². The lowest BCUT2D eigenvalue weighted by atomic mass is 10.0. The van der Waals surface area contributed by atoms with Crippen LogP contribution in [0.4, 0.5) is 0 Å². The molecule has 0 amide bonds. The normalized spacial score (nSPS) is 16.8. The fourth-order valence-electron chi connectivity index (χ4n) is 3.48. The van der Waals surface area contributed by atoms with E-state index in [2.05, 4.69) is 48.4 Å². The second-order valence-corrected chi connectivity index (χ2v) is 7.56. The third kappa shape index (κ3) is 7.68. The molecular formula is C22H38N4O2. The van der Waals surface area contributed by atoms with Gasteiger partial charge in [0, 0.05) is 32.2 Å². The van der Waals surface area contributed by atoms with Crippen molar-refractivity contribution in [2.45, 2.75) is 39.7 Å². The molecule has 1 heterocycles. The summed E-state index contributed by atoms with van der Waals surface area (Å²) in [6.45, 7) is 12.9. The summed E-state index contributed by atoms with van der Waals surface area (Å²) in [5.74, 6) is 2.39. The zero-order valence-corrected chi connectivity index (χ0v) is 18.0. The third-order valence-corrected chi connectivity index (χ3v) is 5.16. The van der Waals surface area contributed by atoms with Gasteiger partial charge in [-0.15, -0.1) is 0 Å². The number of ether oxygens (including phenoxy) is 2. The Kier molecular flexibility index (Phi) is 10.1. The quantitative estimate of drug-likeness (QED) is 0.365. The Morgan fingerprint density at radius 1 is 1.18 bits per heavy atom. The Bertz CT molecular complexity index is 568. The average molecular weight is 391 g/mol. The predicted octanol–water partition coefficient (Wildman–Crippen LogP) is 2.54. The number of nitrogens with zero attached hydrogens (tertiary/aromatic N) is 2. The van der Waals surface area contributed by atoms with Crippen LogP contribution in [0.2, 0.25) is 0 Å². The standard InChI is InChI=1S/C22H38N4O2/c1-5-23-22(24-12-6-7-19-8-10-20(27-4)11-9-19)25-17-21(18(2)3)26-13-15-28-16-14-26/h8-11,18,21H,5-7,12-17H2,1-4H3,(H2,23,24,25). The van der Waals surface area contributed by atoms with Crippen molar-refractivity contribution in [2.75, 3.05) is 53.0 Å². The van der Waals surface area contributed by atoms with Crippen molar-refractivity contribution in [2.24, 2.45) is 10.9 Å². The van der Waals surface area contributed by atoms with E-state index >= 15 is 0 Å². The number of methoxy groups -OCH3 is 1. The lowest BCUT2D eigenvalue weighted by molar-refractivity contribution is 0.00867. The first kappa shape index (κ1) is 22.5. The summed E-state index contributed by atoms with van der Waals surface area (Å²) in [6.07, 6.45) is 2.10. The summed E-state index contributed by atoms with van der Waals surface area (Å²) < 4.78 is 10.7. The number of nitrogens with one attached hydrogen (secondary N) is 2. The first-order chi connectivity index (χ1) is 13.6. The molecule has 6 heteroatoms. The minimum absolute atomic E-state index is 0.457. The number of rotatable bonds is 10. The number of hydrogen-bond acceptors (Lipinski definition) is 4. The molecule has 1 aromatic carbocycles. The van der Waals surface area contributed by atoms with Crippen LogP contribution in [0.25, 0.3) is 0 Å². The maximum absolute atomic E-state index is 5.50. The van der Waals surface area contributed by atoms with E-state index in [0.29, 0.717) is 12.0 Å². The highest BCUT2D eigenvalue weighted by Crippen LogP contribution is 2.14. The SMILES string of the molecule is CCNC(=NCC(C(C)C)N1CCOCC1)NCCCc1ccc(OC)cc1. The molecule has 1 aromatic rings. The molecule has 0 saturated carbocycles. The van der Waals surface area contributed by atoms with Crippen molar-refractivity contribution in [3.05, 3.63) is 29.8 Å². The summed E-state index contributed by atoms with van der Waals surface area (Å²) in [5, 5.41) is 6.85. The summed E-state index contributed by atoms with van der Waals surface area (Å²) in [7, 11) is 1.70. The molecule has 1 aliphatic rings. The van der Waals surface area contributed by atoms with Crippen molar-refractivity contribution in [3.63, 3.8) is 0 Å². The van der Waals surface area contributed by atoms with Crippen LogP contribution in [0.1, 0.15) is 32.8 Å². The van der Waals surface area contributed by atoms with E-state index in [1.54, 1.807) is 7.11 Å². The van der Waals surface area contributed by atoms with E-state index in [1.165, 1.54) is 5.56 Å². The van der Waals surface area contributed by atoms with E-state index in [0.717, 1.165) is 70.5 Å². The largest absolute Gasteiger partial charge is 0.497 e. The Morgan fingerprint density at radius 2 is 1.89 bits per heavy atom. The minimum atomic E-state index is 0.457. The Morgan fingerprint density at radius 3 is 2.50 bits per heavy atom. The molecule has 0 spiro atoms. The van der Waals surface area contributed by atoms with Gasteiger partial charge in [0.15, 0.2) is 5.96 Å². The molecule has 1 fully saturated rings. The van der Waals surface area contributed by atoms with Crippen LogP contribution in [0.5, 0.6) is 5.75 Å². The molecule has 28 heavy (non-hydrogen) atoms. The molecule has 158 valence electrons. The molecule has 0 bridgehead atoms. The van der Waals surface area contributed by atoms with Gasteiger partial charge >= 0.3 is 0 Å². The van der Waals surface area contributed by atoms with Crippen molar-refractivity contribution in [1.82, 2.24) is 15.5 Å². The predicted molar refractivity (Wildman–Crippen MR) is 116 cm³/mol. The van der Waals surface area contributed by atoms with Crippen LogP contribution in [0.15, 0.2) is 29.3 Å². The Balaban J connectivity index is 1.81. The summed E-state index contributed by atoms with van der Waals surface area (Å²) >= 11 is 0. The van der Waals surface area contributed by atoms with Crippen LogP contribution >= 0.6 is 0 Å². The van der Waals surface area contributed by atoms with Gasteiger partial charge in [0.1, 0.15) is 5.75 Å². The van der Waals surface area contributed by atoms with Crippen molar-refractivity contribution in [3.8, 4) is 5.75 Å². The molecular weight excluding hydrogens is 352 g/mol. The Hall–Kier alpha value is -1.79. The van der Waals surface area contributed by atoms with E-state index in [4.69, 9.17) is 14.5 Å². The molecule has 1 unspecified atom stereocenters. The molecule has 0 radical (unpaired) electrons. The van der Waals surface area contributed by atoms with Gasteiger partial charge in [-0.25, -0.2) is 0 Å². The summed E-state index contributed by atoms with van der Waals surface area (Å²) in [6, 6.07) is 8.76. The number of hydrogen-bond donors (Lipinski definition) is 2. The number of aryl methyl sites for hydroxylation is 1. The van der Waals surface area contributed by atoms with Crippen molar-refractivity contribution in [1.29, 1.82) is 0 Å². The first-order valence-corrected chi connectivity index (χ1v) is 10.6. The molecule has 1 atom stereocenters. The average Bonchev–Trinajstić information content (AvgIpc) is 2.72. The van der Waals surface area contributed by atoms with Crippen LogP contribution in [0, 0.1) is 5.92 Å². The zero-order valence-electron chi connectivity index (χ0n) is 18.0. The monoisotopic (exact) mass is 390 g/mol. The van der Waals surface area contributed by atoms with Crippen LogP contribution in [-0.4, -0.2) is 69.9 Å². The summed E-state index contributed by atoms with van der Waals surface area (Å²) in [4.78, 5) is 7.39. The molecule has 0 aliphatic carbocycles. The van der Waals surface area contributed by atoms with Gasteiger partial charge in [0.2, 0.25) is 0 Å². The van der Waals surface area contributed by atoms with E-state index in [-0.39, 0.29) is 0 Å². The maximum atomic E-state index is 5.50. The minimum Gasteiger partial charge on any atom is -0.497 e. The highest BCUT2D eigenvalue weighted by molar-refractivity contribution is 5.79. The van der Waals surface area contributed by atoms with Crippen LogP contribution in [-0.2, 0) is 11.2 Å². The fourth-order valence-corrected chi connectivity index (χ4v) is 3.48. The molecule has 0 aromatic heterocycles. The molecule has 1 saturated heterocycles. The van der Waals surface area contributed by atoms with Gasteiger partial charge in [-0.3, -0.25) is 9.89 Å². The first-order valence-electron chi connectivity index (χ1n) is 10.6. The number of morpholine rings is 1. The second-order valence-electron chi connectivity index (χ2n) is 7.56. The highest BCUT2D eigenvalue weighted by atomic mass is 16.5. The van der Waals surface area contributed by atoms with Gasteiger partial charge in [0.25, 0.3) is 0 Å². The van der Waals surface area contributed by atoms with Gasteiger partial charge in [0.05, 0.1) is 26.9 Å². The van der Waals surface area contributed by atoms with Gasteiger partial charge < -0.3 is 20.1 Å². The summed E-state index contributed by atoms with van der Waals surface area (Å²) in [5.41, 5.74) is 1.33. The molecule has 2 rings (SSSR count). The number of guanidine groups is 1. The van der Waals surface area contributed by atoms with Crippen molar-refractivity contribution >= 4 is 5.96 Å². The second kappa shape index (κ2) is 12.6. The number of benzene rings is 1. The zero-order chi connectivity index (χ0) is 20.2. The molecule has 2 N–H and O–H groups in total. The van der Waals surface area contributed by atoms with Crippen LogP contribution < -0.4 is 15.4 Å². The van der Waals surface area contributed by atoms with E-state index in [1.807, 2.05) is 12.1 Å². The molecule has 6 nitrogen and oxygen atoms in total. The van der Waals surface area contributed by atoms with Gasteiger partial charge in [-0.1, -0.05) is 26.0 Å². The lowest BCUT2D eigenvalue weighted by Crippen LogP contribution is -2.48. The fraction of sp³-hybridized carbons (Fsp3) is 0.682. The third-order valence-electron chi connectivity index (χ3n) is 5.16. The van der Waals surface area contributed by atoms with Gasteiger partial charge in [-0.2, -0.15) is 0 Å².